The Hall–Kier alpha value is -3.07. The number of hydrogen-bond donors (Lipinski definition) is 2. The van der Waals surface area contributed by atoms with E-state index >= 15 is 0 Å². The van der Waals surface area contributed by atoms with Crippen LogP contribution in [0.2, 0.25) is 0 Å². The van der Waals surface area contributed by atoms with E-state index in [1.165, 1.54) is 0 Å². The van der Waals surface area contributed by atoms with Crippen LogP contribution in [0.5, 0.6) is 0 Å². The Kier molecular flexibility index (Phi) is 3.88. The summed E-state index contributed by atoms with van der Waals surface area (Å²) in [5.41, 5.74) is 3.72. The number of carboxylic acid groups (broad SMARTS) is 1. The van der Waals surface area contributed by atoms with Gasteiger partial charge in [-0.15, -0.1) is 0 Å². The van der Waals surface area contributed by atoms with Crippen molar-refractivity contribution in [2.45, 2.75) is 0 Å². The van der Waals surface area contributed by atoms with Crippen molar-refractivity contribution in [2.24, 2.45) is 0 Å². The van der Waals surface area contributed by atoms with Gasteiger partial charge in [0.25, 0.3) is 0 Å². The van der Waals surface area contributed by atoms with E-state index in [2.05, 4.69) is 5.32 Å². The standard InChI is InChI=1S/C19H15NO2/c21-19(22)17-12-11-15(14-7-3-1-4-8-14)13-18(17)20-16-9-5-2-6-10-16/h1-13,20H,(H,21,22). The number of nitrogens with one attached hydrogen (secondary N) is 1. The quantitative estimate of drug-likeness (QED) is 0.725. The highest BCUT2D eigenvalue weighted by Crippen LogP contribution is 2.28. The monoisotopic (exact) mass is 289 g/mol. The van der Waals surface area contributed by atoms with Gasteiger partial charge in [-0.05, 0) is 35.4 Å². The van der Waals surface area contributed by atoms with E-state index in [1.807, 2.05) is 72.8 Å². The van der Waals surface area contributed by atoms with Gasteiger partial charge in [-0.2, -0.15) is 0 Å². The van der Waals surface area contributed by atoms with Crippen LogP contribution in [0.4, 0.5) is 11.4 Å². The average Bonchev–Trinajstić information content (AvgIpc) is 2.56. The van der Waals surface area contributed by atoms with Crippen LogP contribution in [0.3, 0.4) is 0 Å². The van der Waals surface area contributed by atoms with Gasteiger partial charge in [0, 0.05) is 5.69 Å². The molecule has 0 atom stereocenters. The van der Waals surface area contributed by atoms with Gasteiger partial charge in [0.15, 0.2) is 0 Å². The molecule has 3 rings (SSSR count). The second kappa shape index (κ2) is 6.14. The molecule has 0 aromatic heterocycles. The minimum absolute atomic E-state index is 0.253. The number of carbonyl (C=O) groups is 1. The molecule has 22 heavy (non-hydrogen) atoms. The zero-order chi connectivity index (χ0) is 15.4. The smallest absolute Gasteiger partial charge is 0.337 e. The van der Waals surface area contributed by atoms with E-state index in [1.54, 1.807) is 6.07 Å². The van der Waals surface area contributed by atoms with Crippen molar-refractivity contribution in [3.63, 3.8) is 0 Å². The maximum absolute atomic E-state index is 11.4. The molecule has 3 heteroatoms. The molecule has 0 bridgehead atoms. The van der Waals surface area contributed by atoms with E-state index in [0.29, 0.717) is 5.69 Å². The first-order valence-electron chi connectivity index (χ1n) is 6.99. The molecule has 3 aromatic rings. The lowest BCUT2D eigenvalue weighted by atomic mass is 10.0. The predicted molar refractivity (Wildman–Crippen MR) is 88.6 cm³/mol. The lowest BCUT2D eigenvalue weighted by Gasteiger charge is -2.12. The number of carboxylic acids is 1. The Morgan fingerprint density at radius 3 is 2.05 bits per heavy atom. The number of anilines is 2. The topological polar surface area (TPSA) is 49.3 Å². The number of hydrogen-bond acceptors (Lipinski definition) is 2. The van der Waals surface area contributed by atoms with Gasteiger partial charge < -0.3 is 10.4 Å². The fraction of sp³-hybridized carbons (Fsp3) is 0. The molecule has 0 radical (unpaired) electrons. The van der Waals surface area contributed by atoms with Crippen LogP contribution in [-0.2, 0) is 0 Å². The molecule has 108 valence electrons. The predicted octanol–water partition coefficient (Wildman–Crippen LogP) is 4.80. The summed E-state index contributed by atoms with van der Waals surface area (Å²) < 4.78 is 0. The molecule has 3 aromatic carbocycles. The SMILES string of the molecule is O=C(O)c1ccc(-c2ccccc2)cc1Nc1ccccc1. The van der Waals surface area contributed by atoms with Gasteiger partial charge >= 0.3 is 5.97 Å². The highest BCUT2D eigenvalue weighted by Gasteiger charge is 2.11. The zero-order valence-electron chi connectivity index (χ0n) is 11.9. The van der Waals surface area contributed by atoms with Gasteiger partial charge in [-0.25, -0.2) is 4.79 Å². The van der Waals surface area contributed by atoms with E-state index in [0.717, 1.165) is 16.8 Å². The van der Waals surface area contributed by atoms with Crippen LogP contribution in [0, 0.1) is 0 Å². The molecule has 0 saturated heterocycles. The fourth-order valence-electron chi connectivity index (χ4n) is 2.32. The van der Waals surface area contributed by atoms with Crippen LogP contribution in [0.25, 0.3) is 11.1 Å². The Bertz CT molecular complexity index is 783. The van der Waals surface area contributed by atoms with Crippen molar-refractivity contribution < 1.29 is 9.90 Å². The first-order valence-corrected chi connectivity index (χ1v) is 6.99. The first-order chi connectivity index (χ1) is 10.7. The highest BCUT2D eigenvalue weighted by atomic mass is 16.4. The van der Waals surface area contributed by atoms with Gasteiger partial charge in [0.1, 0.15) is 0 Å². The summed E-state index contributed by atoms with van der Waals surface area (Å²) in [5, 5.41) is 12.5. The molecular weight excluding hydrogens is 274 g/mol. The Balaban J connectivity index is 2.03. The largest absolute Gasteiger partial charge is 0.478 e. The van der Waals surface area contributed by atoms with Crippen LogP contribution in [0.1, 0.15) is 10.4 Å². The molecule has 3 nitrogen and oxygen atoms in total. The third kappa shape index (κ3) is 2.99. The van der Waals surface area contributed by atoms with Crippen molar-refractivity contribution in [3.8, 4) is 11.1 Å². The molecule has 0 amide bonds. The van der Waals surface area contributed by atoms with Crippen molar-refractivity contribution in [1.82, 2.24) is 0 Å². The highest BCUT2D eigenvalue weighted by molar-refractivity contribution is 5.96. The Morgan fingerprint density at radius 2 is 1.41 bits per heavy atom. The van der Waals surface area contributed by atoms with Crippen LogP contribution >= 0.6 is 0 Å². The van der Waals surface area contributed by atoms with Crippen molar-refractivity contribution in [3.05, 3.63) is 84.4 Å². The summed E-state index contributed by atoms with van der Waals surface area (Å²) in [6, 6.07) is 24.8. The van der Waals surface area contributed by atoms with Crippen LogP contribution in [-0.4, -0.2) is 11.1 Å². The van der Waals surface area contributed by atoms with Crippen LogP contribution in [0.15, 0.2) is 78.9 Å². The second-order valence-corrected chi connectivity index (χ2v) is 4.92. The minimum Gasteiger partial charge on any atom is -0.478 e. The average molecular weight is 289 g/mol. The molecule has 0 spiro atoms. The van der Waals surface area contributed by atoms with E-state index < -0.39 is 5.97 Å². The number of benzene rings is 3. The van der Waals surface area contributed by atoms with Crippen LogP contribution < -0.4 is 5.32 Å². The summed E-state index contributed by atoms with van der Waals surface area (Å²) in [5.74, 6) is -0.946. The second-order valence-electron chi connectivity index (χ2n) is 4.92. The molecule has 0 aliphatic heterocycles. The molecular formula is C19H15NO2. The Morgan fingerprint density at radius 1 is 0.773 bits per heavy atom. The van der Waals surface area contributed by atoms with E-state index in [4.69, 9.17) is 0 Å². The molecule has 0 unspecified atom stereocenters. The zero-order valence-corrected chi connectivity index (χ0v) is 11.9. The fourth-order valence-corrected chi connectivity index (χ4v) is 2.32. The number of para-hydroxylation sites is 1. The molecule has 2 N–H and O–H groups in total. The molecule has 0 aliphatic rings. The summed E-state index contributed by atoms with van der Waals surface area (Å²) >= 11 is 0. The van der Waals surface area contributed by atoms with Gasteiger partial charge in [-0.3, -0.25) is 0 Å². The minimum atomic E-state index is -0.946. The molecule has 0 aliphatic carbocycles. The number of rotatable bonds is 4. The summed E-state index contributed by atoms with van der Waals surface area (Å²) in [6.45, 7) is 0. The summed E-state index contributed by atoms with van der Waals surface area (Å²) in [4.78, 5) is 11.4. The number of aromatic carboxylic acids is 1. The maximum atomic E-state index is 11.4. The van der Waals surface area contributed by atoms with Crippen molar-refractivity contribution >= 4 is 17.3 Å². The van der Waals surface area contributed by atoms with E-state index in [-0.39, 0.29) is 5.56 Å². The lowest BCUT2D eigenvalue weighted by Crippen LogP contribution is -2.03. The third-order valence-electron chi connectivity index (χ3n) is 3.41. The summed E-state index contributed by atoms with van der Waals surface area (Å²) in [6.07, 6.45) is 0. The Labute approximate surface area is 128 Å². The molecule has 0 heterocycles. The maximum Gasteiger partial charge on any atom is 0.337 e. The first kappa shape index (κ1) is 13.9. The molecule has 0 saturated carbocycles. The van der Waals surface area contributed by atoms with Gasteiger partial charge in [0.2, 0.25) is 0 Å². The summed E-state index contributed by atoms with van der Waals surface area (Å²) in [7, 11) is 0. The normalized spacial score (nSPS) is 10.2. The van der Waals surface area contributed by atoms with E-state index in [9.17, 15) is 9.90 Å². The molecule has 0 fully saturated rings. The van der Waals surface area contributed by atoms with Gasteiger partial charge in [0.05, 0.1) is 11.3 Å². The van der Waals surface area contributed by atoms with Gasteiger partial charge in [-0.1, -0.05) is 54.6 Å². The van der Waals surface area contributed by atoms with Crippen molar-refractivity contribution in [1.29, 1.82) is 0 Å². The third-order valence-corrected chi connectivity index (χ3v) is 3.41. The van der Waals surface area contributed by atoms with Crippen molar-refractivity contribution in [2.75, 3.05) is 5.32 Å². The lowest BCUT2D eigenvalue weighted by molar-refractivity contribution is 0.0698.